The van der Waals surface area contributed by atoms with Gasteiger partial charge in [0, 0.05) is 6.61 Å². The Morgan fingerprint density at radius 1 is 1.45 bits per heavy atom. The van der Waals surface area contributed by atoms with Crippen molar-refractivity contribution in [2.45, 2.75) is 58.1 Å². The Morgan fingerprint density at radius 2 is 2.15 bits per heavy atom. The number of rotatable bonds is 6. The molecule has 1 atom stereocenters. The normalized spacial score (nSPS) is 28.5. The molecule has 4 heteroatoms. The van der Waals surface area contributed by atoms with Gasteiger partial charge >= 0.3 is 0 Å². The lowest BCUT2D eigenvalue weighted by Crippen LogP contribution is -2.48. The van der Waals surface area contributed by atoms with Crippen LogP contribution in [0.2, 0.25) is 0 Å². The molecule has 0 aliphatic heterocycles. The van der Waals surface area contributed by atoms with E-state index in [0.29, 0.717) is 0 Å². The van der Waals surface area contributed by atoms with Crippen molar-refractivity contribution in [2.24, 2.45) is 5.92 Å². The van der Waals surface area contributed by atoms with Gasteiger partial charge in [-0.15, -0.1) is 0 Å². The maximum atomic E-state index is 6.27. The molecule has 1 N–H and O–H groups in total. The number of halogens is 1. The molecule has 0 bridgehead atoms. The summed E-state index contributed by atoms with van der Waals surface area (Å²) in [6.07, 6.45) is 6.37. The number of ether oxygens (including phenoxy) is 1. The predicted octanol–water partition coefficient (Wildman–Crippen LogP) is 4.68. The molecular weight excluding hydrogens is 318 g/mol. The molecule has 0 amide bonds. The Hall–Kier alpha value is -0.320. The third kappa shape index (κ3) is 3.29. The molecule has 0 spiro atoms. The first-order valence-electron chi connectivity index (χ1n) is 7.73. The van der Waals surface area contributed by atoms with Crippen LogP contribution in [0, 0.1) is 5.92 Å². The van der Waals surface area contributed by atoms with Crippen LogP contribution in [-0.2, 0) is 4.74 Å². The van der Waals surface area contributed by atoms with Gasteiger partial charge in [-0.1, -0.05) is 13.8 Å². The Morgan fingerprint density at radius 3 is 2.65 bits per heavy atom. The molecular formula is C16H26BrNO2. The first-order chi connectivity index (χ1) is 9.63. The Labute approximate surface area is 130 Å². The number of nitrogens with one attached hydrogen (secondary N) is 1. The molecule has 3 nitrogen and oxygen atoms in total. The molecule has 1 unspecified atom stereocenters. The fourth-order valence-electron chi connectivity index (χ4n) is 3.29. The minimum Gasteiger partial charge on any atom is -0.466 e. The minimum atomic E-state index is -0.141. The van der Waals surface area contributed by atoms with E-state index in [-0.39, 0.29) is 11.6 Å². The van der Waals surface area contributed by atoms with Crippen molar-refractivity contribution in [3.8, 4) is 0 Å². The zero-order valence-corrected chi connectivity index (χ0v) is 14.3. The van der Waals surface area contributed by atoms with Crippen LogP contribution in [0.3, 0.4) is 0 Å². The highest BCUT2D eigenvalue weighted by molar-refractivity contribution is 9.10. The molecule has 1 aliphatic rings. The quantitative estimate of drug-likeness (QED) is 0.814. The van der Waals surface area contributed by atoms with E-state index in [9.17, 15) is 0 Å². The van der Waals surface area contributed by atoms with Gasteiger partial charge in [0.1, 0.15) is 5.76 Å². The fraction of sp³-hybridized carbons (Fsp3) is 0.750. The van der Waals surface area contributed by atoms with Gasteiger partial charge in [0.05, 0.1) is 22.4 Å². The van der Waals surface area contributed by atoms with Crippen molar-refractivity contribution in [1.29, 1.82) is 0 Å². The first-order valence-corrected chi connectivity index (χ1v) is 8.52. The number of hydrogen-bond acceptors (Lipinski definition) is 3. The largest absolute Gasteiger partial charge is 0.466 e. The van der Waals surface area contributed by atoms with Crippen LogP contribution in [0.15, 0.2) is 21.2 Å². The lowest BCUT2D eigenvalue weighted by atomic mass is 9.74. The van der Waals surface area contributed by atoms with Crippen LogP contribution in [0.4, 0.5) is 0 Å². The van der Waals surface area contributed by atoms with Gasteiger partial charge < -0.3 is 14.5 Å². The molecule has 2 rings (SSSR count). The molecule has 1 aliphatic carbocycles. The second-order valence-corrected chi connectivity index (χ2v) is 6.66. The van der Waals surface area contributed by atoms with Crippen molar-refractivity contribution >= 4 is 15.9 Å². The summed E-state index contributed by atoms with van der Waals surface area (Å²) in [7, 11) is 0. The smallest absolute Gasteiger partial charge is 0.137 e. The van der Waals surface area contributed by atoms with Gasteiger partial charge in [0.15, 0.2) is 0 Å². The summed E-state index contributed by atoms with van der Waals surface area (Å²) in [4.78, 5) is 0. The molecule has 1 aromatic rings. The summed E-state index contributed by atoms with van der Waals surface area (Å²) in [5.74, 6) is 1.76. The summed E-state index contributed by atoms with van der Waals surface area (Å²) in [6.45, 7) is 8.20. The Balaban J connectivity index is 2.30. The van der Waals surface area contributed by atoms with Gasteiger partial charge in [-0.25, -0.2) is 0 Å². The fourth-order valence-corrected chi connectivity index (χ4v) is 3.72. The van der Waals surface area contributed by atoms with Gasteiger partial charge in [-0.3, -0.25) is 0 Å². The van der Waals surface area contributed by atoms with Crippen LogP contribution in [0.5, 0.6) is 0 Å². The zero-order chi connectivity index (χ0) is 14.6. The number of likely N-dealkylation sites (N-methyl/N-ethyl adjacent to an activating group) is 1. The third-order valence-electron chi connectivity index (χ3n) is 4.39. The van der Waals surface area contributed by atoms with Crippen molar-refractivity contribution in [1.82, 2.24) is 5.32 Å². The second kappa shape index (κ2) is 7.10. The summed E-state index contributed by atoms with van der Waals surface area (Å²) in [5, 5.41) is 3.59. The predicted molar refractivity (Wildman–Crippen MR) is 84.8 cm³/mol. The van der Waals surface area contributed by atoms with E-state index >= 15 is 0 Å². The standard InChI is InChI=1S/C16H26BrNO2/c1-4-18-15(14-13(17)8-11-19-14)16(20-5-2)9-6-12(3)7-10-16/h8,11-12,15,18H,4-7,9-10H2,1-3H3. The topological polar surface area (TPSA) is 34.4 Å². The molecule has 0 saturated heterocycles. The maximum absolute atomic E-state index is 6.27. The summed E-state index contributed by atoms with van der Waals surface area (Å²) in [5.41, 5.74) is -0.141. The van der Waals surface area contributed by atoms with E-state index in [4.69, 9.17) is 9.15 Å². The van der Waals surface area contributed by atoms with E-state index < -0.39 is 0 Å². The molecule has 114 valence electrons. The van der Waals surface area contributed by atoms with E-state index in [1.165, 1.54) is 12.8 Å². The van der Waals surface area contributed by atoms with Crippen molar-refractivity contribution < 1.29 is 9.15 Å². The van der Waals surface area contributed by atoms with E-state index in [2.05, 4.69) is 42.0 Å². The Kier molecular flexibility index (Phi) is 5.70. The molecule has 0 aromatic carbocycles. The van der Waals surface area contributed by atoms with Crippen LogP contribution in [0.1, 0.15) is 58.3 Å². The minimum absolute atomic E-state index is 0.115. The number of furan rings is 1. The maximum Gasteiger partial charge on any atom is 0.137 e. The average molecular weight is 344 g/mol. The van der Waals surface area contributed by atoms with Gasteiger partial charge in [-0.2, -0.15) is 0 Å². The number of hydrogen-bond donors (Lipinski definition) is 1. The van der Waals surface area contributed by atoms with Crippen molar-refractivity contribution in [3.05, 3.63) is 22.6 Å². The van der Waals surface area contributed by atoms with Gasteiger partial charge in [-0.05, 0) is 67.1 Å². The van der Waals surface area contributed by atoms with Crippen LogP contribution >= 0.6 is 15.9 Å². The van der Waals surface area contributed by atoms with Crippen LogP contribution in [0.25, 0.3) is 0 Å². The van der Waals surface area contributed by atoms with Gasteiger partial charge in [0.25, 0.3) is 0 Å². The molecule has 1 aromatic heterocycles. The highest BCUT2D eigenvalue weighted by atomic mass is 79.9. The van der Waals surface area contributed by atoms with E-state index in [1.54, 1.807) is 6.26 Å². The first kappa shape index (κ1) is 16.1. The summed E-state index contributed by atoms with van der Waals surface area (Å²) >= 11 is 3.60. The average Bonchev–Trinajstić information content (AvgIpc) is 2.85. The van der Waals surface area contributed by atoms with Gasteiger partial charge in [0.2, 0.25) is 0 Å². The molecule has 1 heterocycles. The highest BCUT2D eigenvalue weighted by Crippen LogP contribution is 2.44. The molecule has 1 saturated carbocycles. The SMILES string of the molecule is CCNC(c1occc1Br)C1(OCC)CCC(C)CC1. The second-order valence-electron chi connectivity index (χ2n) is 5.80. The monoisotopic (exact) mass is 343 g/mol. The van der Waals surface area contributed by atoms with E-state index in [1.807, 2.05) is 6.07 Å². The van der Waals surface area contributed by atoms with Crippen LogP contribution < -0.4 is 5.32 Å². The molecule has 0 radical (unpaired) electrons. The van der Waals surface area contributed by atoms with Crippen molar-refractivity contribution in [2.75, 3.05) is 13.2 Å². The Bertz CT molecular complexity index is 410. The lowest BCUT2D eigenvalue weighted by molar-refractivity contribution is -0.101. The van der Waals surface area contributed by atoms with E-state index in [0.717, 1.165) is 42.1 Å². The molecule has 1 fully saturated rings. The van der Waals surface area contributed by atoms with Crippen molar-refractivity contribution in [3.63, 3.8) is 0 Å². The summed E-state index contributed by atoms with van der Waals surface area (Å²) in [6, 6.07) is 2.08. The third-order valence-corrected chi connectivity index (χ3v) is 5.05. The highest BCUT2D eigenvalue weighted by Gasteiger charge is 2.44. The van der Waals surface area contributed by atoms with Crippen LogP contribution in [-0.4, -0.2) is 18.8 Å². The lowest BCUT2D eigenvalue weighted by Gasteiger charge is -2.44. The zero-order valence-electron chi connectivity index (χ0n) is 12.7. The summed E-state index contributed by atoms with van der Waals surface area (Å²) < 4.78 is 13.0. The molecule has 20 heavy (non-hydrogen) atoms.